The van der Waals surface area contributed by atoms with E-state index in [1.807, 2.05) is 12.1 Å². The van der Waals surface area contributed by atoms with Gasteiger partial charge >= 0.3 is 0 Å². The normalized spacial score (nSPS) is 17.7. The van der Waals surface area contributed by atoms with Crippen LogP contribution in [-0.2, 0) is 0 Å². The molecule has 0 heterocycles. The molecule has 1 aliphatic rings. The van der Waals surface area contributed by atoms with Gasteiger partial charge in [-0.2, -0.15) is 0 Å². The van der Waals surface area contributed by atoms with Gasteiger partial charge < -0.3 is 5.73 Å². The first-order valence-electron chi connectivity index (χ1n) is 5.08. The van der Waals surface area contributed by atoms with Gasteiger partial charge in [-0.25, -0.2) is 0 Å². The summed E-state index contributed by atoms with van der Waals surface area (Å²) in [6.07, 6.45) is 5.68. The van der Waals surface area contributed by atoms with Crippen LogP contribution < -0.4 is 5.73 Å². The second-order valence-corrected chi connectivity index (χ2v) is 4.64. The van der Waals surface area contributed by atoms with Gasteiger partial charge in [-0.3, -0.25) is 0 Å². The van der Waals surface area contributed by atoms with E-state index in [1.165, 1.54) is 12.0 Å². The number of benzene rings is 1. The molecule has 1 aromatic rings. The van der Waals surface area contributed by atoms with E-state index in [2.05, 4.69) is 6.08 Å². The molecule has 0 aliphatic heterocycles. The standard InChI is InChI=1S/C12H13Cl2N/c13-10-6-5-9(7-11(10)14)12(15)8-3-1-2-4-8/h3,5-7,12H,1-2,4,15H2. The van der Waals surface area contributed by atoms with Crippen molar-refractivity contribution in [3.8, 4) is 0 Å². The van der Waals surface area contributed by atoms with Crippen molar-refractivity contribution in [3.63, 3.8) is 0 Å². The van der Waals surface area contributed by atoms with E-state index in [4.69, 9.17) is 28.9 Å². The Labute approximate surface area is 99.9 Å². The molecule has 1 nitrogen and oxygen atoms in total. The number of hydrogen-bond acceptors (Lipinski definition) is 1. The van der Waals surface area contributed by atoms with Crippen LogP contribution in [0.15, 0.2) is 29.8 Å². The third kappa shape index (κ3) is 2.36. The molecule has 1 atom stereocenters. The van der Waals surface area contributed by atoms with Crippen LogP contribution in [0.1, 0.15) is 30.9 Å². The lowest BCUT2D eigenvalue weighted by atomic mass is 9.99. The molecule has 15 heavy (non-hydrogen) atoms. The summed E-state index contributed by atoms with van der Waals surface area (Å²) < 4.78 is 0. The van der Waals surface area contributed by atoms with Crippen LogP contribution in [0, 0.1) is 0 Å². The molecule has 3 heteroatoms. The summed E-state index contributed by atoms with van der Waals surface area (Å²) in [5, 5.41) is 1.15. The Bertz CT molecular complexity index is 399. The molecule has 0 bridgehead atoms. The highest BCUT2D eigenvalue weighted by molar-refractivity contribution is 6.42. The molecule has 0 spiro atoms. The third-order valence-corrected chi connectivity index (χ3v) is 3.52. The smallest absolute Gasteiger partial charge is 0.0595 e. The highest BCUT2D eigenvalue weighted by Crippen LogP contribution is 2.31. The van der Waals surface area contributed by atoms with Gasteiger partial charge in [0.25, 0.3) is 0 Å². The summed E-state index contributed by atoms with van der Waals surface area (Å²) in [4.78, 5) is 0. The van der Waals surface area contributed by atoms with E-state index in [1.54, 1.807) is 6.07 Å². The maximum absolute atomic E-state index is 6.15. The van der Waals surface area contributed by atoms with E-state index < -0.39 is 0 Å². The maximum Gasteiger partial charge on any atom is 0.0595 e. The molecule has 1 aliphatic carbocycles. The molecule has 80 valence electrons. The second-order valence-electron chi connectivity index (χ2n) is 3.82. The number of hydrogen-bond donors (Lipinski definition) is 1. The Kier molecular flexibility index (Phi) is 3.35. The first-order valence-corrected chi connectivity index (χ1v) is 5.83. The van der Waals surface area contributed by atoms with E-state index in [0.29, 0.717) is 10.0 Å². The minimum atomic E-state index is -0.0257. The van der Waals surface area contributed by atoms with Crippen molar-refractivity contribution in [2.75, 3.05) is 0 Å². The predicted molar refractivity (Wildman–Crippen MR) is 65.3 cm³/mol. The van der Waals surface area contributed by atoms with Crippen molar-refractivity contribution >= 4 is 23.2 Å². The summed E-state index contributed by atoms with van der Waals surface area (Å²) in [5.74, 6) is 0. The van der Waals surface area contributed by atoms with Gasteiger partial charge in [0.2, 0.25) is 0 Å². The van der Waals surface area contributed by atoms with E-state index in [-0.39, 0.29) is 6.04 Å². The molecular weight excluding hydrogens is 229 g/mol. The van der Waals surface area contributed by atoms with Crippen molar-refractivity contribution in [2.45, 2.75) is 25.3 Å². The molecule has 1 unspecified atom stereocenters. The summed E-state index contributed by atoms with van der Waals surface area (Å²) in [6, 6.07) is 5.57. The molecule has 1 aromatic carbocycles. The summed E-state index contributed by atoms with van der Waals surface area (Å²) >= 11 is 11.8. The maximum atomic E-state index is 6.15. The minimum absolute atomic E-state index is 0.0257. The zero-order valence-corrected chi connectivity index (χ0v) is 9.85. The Balaban J connectivity index is 2.25. The van der Waals surface area contributed by atoms with Crippen LogP contribution in [0.2, 0.25) is 10.0 Å². The summed E-state index contributed by atoms with van der Waals surface area (Å²) in [5.41, 5.74) is 8.50. The first kappa shape index (κ1) is 11.0. The van der Waals surface area contributed by atoms with E-state index in [9.17, 15) is 0 Å². The molecule has 2 rings (SSSR count). The summed E-state index contributed by atoms with van der Waals surface area (Å²) in [7, 11) is 0. The Morgan fingerprint density at radius 2 is 2.00 bits per heavy atom. The highest BCUT2D eigenvalue weighted by atomic mass is 35.5. The van der Waals surface area contributed by atoms with Crippen molar-refractivity contribution in [3.05, 3.63) is 45.5 Å². The number of nitrogens with two attached hydrogens (primary N) is 1. The van der Waals surface area contributed by atoms with Gasteiger partial charge in [-0.05, 0) is 37.0 Å². The van der Waals surface area contributed by atoms with Crippen LogP contribution in [0.3, 0.4) is 0 Å². The van der Waals surface area contributed by atoms with Gasteiger partial charge in [0.1, 0.15) is 0 Å². The van der Waals surface area contributed by atoms with Gasteiger partial charge in [0.05, 0.1) is 16.1 Å². The fraction of sp³-hybridized carbons (Fsp3) is 0.333. The fourth-order valence-electron chi connectivity index (χ4n) is 1.90. The first-order chi connectivity index (χ1) is 7.18. The van der Waals surface area contributed by atoms with E-state index >= 15 is 0 Å². The zero-order chi connectivity index (χ0) is 10.8. The highest BCUT2D eigenvalue weighted by Gasteiger charge is 2.15. The SMILES string of the molecule is NC(C1=CCCC1)c1ccc(Cl)c(Cl)c1. The van der Waals surface area contributed by atoms with Gasteiger partial charge in [-0.15, -0.1) is 0 Å². The molecule has 0 saturated carbocycles. The quantitative estimate of drug-likeness (QED) is 0.776. The topological polar surface area (TPSA) is 26.0 Å². The molecule has 0 saturated heterocycles. The van der Waals surface area contributed by atoms with Crippen LogP contribution in [-0.4, -0.2) is 0 Å². The van der Waals surface area contributed by atoms with Gasteiger partial charge in [-0.1, -0.05) is 40.9 Å². The molecule has 0 fully saturated rings. The van der Waals surface area contributed by atoms with Crippen molar-refractivity contribution in [1.82, 2.24) is 0 Å². The van der Waals surface area contributed by atoms with Crippen molar-refractivity contribution < 1.29 is 0 Å². The van der Waals surface area contributed by atoms with Crippen molar-refractivity contribution in [1.29, 1.82) is 0 Å². The molecule has 0 radical (unpaired) electrons. The number of allylic oxidation sites excluding steroid dienone is 1. The van der Waals surface area contributed by atoms with Crippen LogP contribution in [0.25, 0.3) is 0 Å². The molecule has 0 amide bonds. The van der Waals surface area contributed by atoms with E-state index in [0.717, 1.165) is 18.4 Å². The molecule has 2 N–H and O–H groups in total. The average molecular weight is 242 g/mol. The zero-order valence-electron chi connectivity index (χ0n) is 8.34. The lowest BCUT2D eigenvalue weighted by molar-refractivity contribution is 0.785. The van der Waals surface area contributed by atoms with Gasteiger partial charge in [0, 0.05) is 0 Å². The minimum Gasteiger partial charge on any atom is -0.321 e. The lowest BCUT2D eigenvalue weighted by Gasteiger charge is -2.14. The summed E-state index contributed by atoms with van der Waals surface area (Å²) in [6.45, 7) is 0. The third-order valence-electron chi connectivity index (χ3n) is 2.78. The number of rotatable bonds is 2. The molecular formula is C12H13Cl2N. The van der Waals surface area contributed by atoms with Crippen LogP contribution in [0.5, 0.6) is 0 Å². The Morgan fingerprint density at radius 3 is 2.60 bits per heavy atom. The Hall–Kier alpha value is -0.500. The Morgan fingerprint density at radius 1 is 1.20 bits per heavy atom. The second kappa shape index (κ2) is 4.56. The molecule has 0 aromatic heterocycles. The van der Waals surface area contributed by atoms with Gasteiger partial charge in [0.15, 0.2) is 0 Å². The predicted octanol–water partition coefficient (Wildman–Crippen LogP) is 4.10. The largest absolute Gasteiger partial charge is 0.321 e. The van der Waals surface area contributed by atoms with Crippen LogP contribution in [0.4, 0.5) is 0 Å². The average Bonchev–Trinajstić information content (AvgIpc) is 2.74. The van der Waals surface area contributed by atoms with Crippen molar-refractivity contribution in [2.24, 2.45) is 5.73 Å². The fourth-order valence-corrected chi connectivity index (χ4v) is 2.20. The number of halogens is 2. The van der Waals surface area contributed by atoms with Crippen LogP contribution >= 0.6 is 23.2 Å². The lowest BCUT2D eigenvalue weighted by Crippen LogP contribution is -2.12. The monoisotopic (exact) mass is 241 g/mol.